The van der Waals surface area contributed by atoms with Crippen LogP contribution in [-0.2, 0) is 0 Å². The van der Waals surface area contributed by atoms with E-state index in [1.165, 1.54) is 0 Å². The van der Waals surface area contributed by atoms with Gasteiger partial charge in [0.05, 0.1) is 6.10 Å². The number of hydrogen-bond acceptors (Lipinski definition) is 1. The van der Waals surface area contributed by atoms with Gasteiger partial charge in [-0.1, -0.05) is 93.2 Å². The minimum Gasteiger partial charge on any atom is -0.389 e. The van der Waals surface area contributed by atoms with Crippen LogP contribution in [0, 0.1) is 0 Å². The van der Waals surface area contributed by atoms with Gasteiger partial charge in [0.25, 0.3) is 0 Å². The van der Waals surface area contributed by atoms with Crippen LogP contribution in [0.1, 0.15) is 58.8 Å². The molecular formula is C22H34O. The third-order valence-corrected chi connectivity index (χ3v) is 3.16. The van der Waals surface area contributed by atoms with Crippen LogP contribution in [0.2, 0.25) is 0 Å². The predicted octanol–water partition coefficient (Wildman–Crippen LogP) is 6.46. The van der Waals surface area contributed by atoms with Crippen molar-refractivity contribution in [2.45, 2.75) is 64.9 Å². The fraction of sp³-hybridized carbons (Fsp3) is 0.455. The van der Waals surface area contributed by atoms with Crippen LogP contribution in [0.5, 0.6) is 0 Å². The second-order valence-corrected chi connectivity index (χ2v) is 5.41. The summed E-state index contributed by atoms with van der Waals surface area (Å²) in [5.74, 6) is 0. The minimum atomic E-state index is -0.304. The Morgan fingerprint density at radius 1 is 0.652 bits per heavy atom. The van der Waals surface area contributed by atoms with Gasteiger partial charge in [-0.25, -0.2) is 0 Å². The number of rotatable bonds is 13. The first-order chi connectivity index (χ1) is 11.3. The summed E-state index contributed by atoms with van der Waals surface area (Å²) in [6.45, 7) is 4.23. The Labute approximate surface area is 143 Å². The highest BCUT2D eigenvalue weighted by atomic mass is 16.3. The molecule has 0 bridgehead atoms. The molecule has 0 saturated heterocycles. The van der Waals surface area contributed by atoms with Crippen molar-refractivity contribution in [3.05, 3.63) is 72.9 Å². The lowest BCUT2D eigenvalue weighted by molar-refractivity contribution is 0.211. The molecule has 23 heavy (non-hydrogen) atoms. The lowest BCUT2D eigenvalue weighted by Crippen LogP contribution is -1.99. The van der Waals surface area contributed by atoms with E-state index < -0.39 is 0 Å². The van der Waals surface area contributed by atoms with Gasteiger partial charge in [0, 0.05) is 0 Å². The maximum atomic E-state index is 9.51. The molecule has 0 unspecified atom stereocenters. The van der Waals surface area contributed by atoms with Gasteiger partial charge < -0.3 is 5.11 Å². The zero-order valence-electron chi connectivity index (χ0n) is 14.9. The highest BCUT2D eigenvalue weighted by molar-refractivity contribution is 5.07. The predicted molar refractivity (Wildman–Crippen MR) is 105 cm³/mol. The van der Waals surface area contributed by atoms with E-state index in [0.29, 0.717) is 0 Å². The highest BCUT2D eigenvalue weighted by Gasteiger charge is 1.92. The third-order valence-electron chi connectivity index (χ3n) is 3.16. The summed E-state index contributed by atoms with van der Waals surface area (Å²) in [6.07, 6.45) is 32.1. The van der Waals surface area contributed by atoms with Crippen molar-refractivity contribution >= 4 is 0 Å². The summed E-state index contributed by atoms with van der Waals surface area (Å²) in [6, 6.07) is 0. The molecule has 0 aliphatic heterocycles. The first kappa shape index (κ1) is 21.4. The average Bonchev–Trinajstić information content (AvgIpc) is 2.54. The molecule has 0 aromatic carbocycles. The second-order valence-electron chi connectivity index (χ2n) is 5.41. The Hall–Kier alpha value is -1.60. The van der Waals surface area contributed by atoms with E-state index in [4.69, 9.17) is 0 Å². The topological polar surface area (TPSA) is 20.2 Å². The van der Waals surface area contributed by atoms with Gasteiger partial charge in [0.15, 0.2) is 0 Å². The van der Waals surface area contributed by atoms with Crippen molar-refractivity contribution in [2.24, 2.45) is 0 Å². The molecule has 0 aliphatic carbocycles. The zero-order chi connectivity index (χ0) is 17.0. The minimum absolute atomic E-state index is 0.304. The van der Waals surface area contributed by atoms with Crippen LogP contribution in [0.4, 0.5) is 0 Å². The van der Waals surface area contributed by atoms with Crippen molar-refractivity contribution < 1.29 is 5.11 Å². The van der Waals surface area contributed by atoms with Gasteiger partial charge in [0.2, 0.25) is 0 Å². The number of aliphatic hydroxyl groups is 1. The van der Waals surface area contributed by atoms with E-state index in [0.717, 1.165) is 44.9 Å². The fourth-order valence-corrected chi connectivity index (χ4v) is 1.90. The van der Waals surface area contributed by atoms with Crippen LogP contribution < -0.4 is 0 Å². The van der Waals surface area contributed by atoms with Gasteiger partial charge in [-0.05, 0) is 38.5 Å². The number of hydrogen-bond donors (Lipinski definition) is 1. The van der Waals surface area contributed by atoms with Gasteiger partial charge in [0.1, 0.15) is 0 Å². The largest absolute Gasteiger partial charge is 0.389 e. The lowest BCUT2D eigenvalue weighted by atomic mass is 10.2. The van der Waals surface area contributed by atoms with Crippen molar-refractivity contribution in [1.82, 2.24) is 0 Å². The molecule has 1 nitrogen and oxygen atoms in total. The van der Waals surface area contributed by atoms with Crippen molar-refractivity contribution in [1.29, 1.82) is 0 Å². The zero-order valence-corrected chi connectivity index (χ0v) is 14.9. The van der Waals surface area contributed by atoms with Crippen molar-refractivity contribution in [3.63, 3.8) is 0 Å². The smallest absolute Gasteiger partial charge is 0.0723 e. The van der Waals surface area contributed by atoms with E-state index in [1.807, 2.05) is 18.2 Å². The molecular weight excluding hydrogens is 280 g/mol. The summed E-state index contributed by atoms with van der Waals surface area (Å²) in [7, 11) is 0. The Morgan fingerprint density at radius 3 is 1.61 bits per heavy atom. The molecule has 0 saturated carbocycles. The third kappa shape index (κ3) is 18.4. The van der Waals surface area contributed by atoms with E-state index in [9.17, 15) is 5.11 Å². The van der Waals surface area contributed by atoms with Crippen molar-refractivity contribution in [2.75, 3.05) is 0 Å². The molecule has 0 spiro atoms. The van der Waals surface area contributed by atoms with Gasteiger partial charge in [-0.2, -0.15) is 0 Å². The summed E-state index contributed by atoms with van der Waals surface area (Å²) < 4.78 is 0. The quantitative estimate of drug-likeness (QED) is 0.306. The normalized spacial score (nSPS) is 14.7. The fourth-order valence-electron chi connectivity index (χ4n) is 1.90. The molecule has 0 heterocycles. The summed E-state index contributed by atoms with van der Waals surface area (Å²) in [5, 5.41) is 9.51. The van der Waals surface area contributed by atoms with Crippen LogP contribution in [0.25, 0.3) is 0 Å². The Kier molecular flexibility index (Phi) is 17.2. The molecule has 0 radical (unpaired) electrons. The maximum Gasteiger partial charge on any atom is 0.0723 e. The van der Waals surface area contributed by atoms with Crippen LogP contribution >= 0.6 is 0 Å². The summed E-state index contributed by atoms with van der Waals surface area (Å²) >= 11 is 0. The monoisotopic (exact) mass is 314 g/mol. The van der Waals surface area contributed by atoms with Crippen LogP contribution in [0.3, 0.4) is 0 Å². The molecule has 1 heteroatoms. The molecule has 0 aromatic rings. The first-order valence-corrected chi connectivity index (χ1v) is 8.92. The van der Waals surface area contributed by atoms with Crippen molar-refractivity contribution in [3.8, 4) is 0 Å². The van der Waals surface area contributed by atoms with Gasteiger partial charge >= 0.3 is 0 Å². The van der Waals surface area contributed by atoms with E-state index >= 15 is 0 Å². The van der Waals surface area contributed by atoms with E-state index in [-0.39, 0.29) is 6.10 Å². The Bertz CT molecular complexity index is 408. The summed E-state index contributed by atoms with van der Waals surface area (Å²) in [5.41, 5.74) is 0. The van der Waals surface area contributed by atoms with Crippen LogP contribution in [-0.4, -0.2) is 11.2 Å². The van der Waals surface area contributed by atoms with E-state index in [1.54, 1.807) is 0 Å². The lowest BCUT2D eigenvalue weighted by Gasteiger charge is -1.99. The van der Waals surface area contributed by atoms with Crippen LogP contribution in [0.15, 0.2) is 72.9 Å². The Balaban J connectivity index is 3.60. The van der Waals surface area contributed by atoms with Gasteiger partial charge in [-0.15, -0.1) is 0 Å². The molecule has 0 aliphatic rings. The van der Waals surface area contributed by atoms with Gasteiger partial charge in [-0.3, -0.25) is 0 Å². The molecule has 128 valence electrons. The average molecular weight is 315 g/mol. The maximum absolute atomic E-state index is 9.51. The molecule has 0 rings (SSSR count). The second kappa shape index (κ2) is 18.4. The first-order valence-electron chi connectivity index (χ1n) is 8.92. The molecule has 0 fully saturated rings. The molecule has 0 aromatic heterocycles. The number of allylic oxidation sites excluding steroid dienone is 11. The highest BCUT2D eigenvalue weighted by Crippen LogP contribution is 1.98. The molecule has 0 amide bonds. The number of aliphatic hydroxyl groups excluding tert-OH is 1. The Morgan fingerprint density at radius 2 is 1.13 bits per heavy atom. The molecule has 1 atom stereocenters. The SMILES string of the molecule is CC/C=C\C/C=C\C/C=C\C/C=C\C/C=C\C=C\[C@@H](O)CCC. The summed E-state index contributed by atoms with van der Waals surface area (Å²) in [4.78, 5) is 0. The van der Waals surface area contributed by atoms with E-state index in [2.05, 4.69) is 68.5 Å². The molecule has 1 N–H and O–H groups in total. The standard InChI is InChI=1S/C22H34O/c1-3-5-6-7-8-9-10-11-12-13-14-15-16-17-18-19-21-22(23)20-4-2/h5-6,8-9,11-12,14-15,17-19,21-23H,3-4,7,10,13,16,20H2,1-2H3/b6-5-,9-8-,12-11-,15-14-,18-17-,21-19+/t22-/m0/s1.